The minimum atomic E-state index is -0.532. The van der Waals surface area contributed by atoms with Crippen LogP contribution in [0.5, 0.6) is 0 Å². The summed E-state index contributed by atoms with van der Waals surface area (Å²) in [5.74, 6) is 1.92. The van der Waals surface area contributed by atoms with E-state index in [4.69, 9.17) is 15.0 Å². The first-order valence-electron chi connectivity index (χ1n) is 36.5. The number of anilines is 6. The third kappa shape index (κ3) is 9.23. The Labute approximate surface area is 592 Å². The fraction of sp³-hybridized carbons (Fsp3) is 0.266. The van der Waals surface area contributed by atoms with E-state index in [2.05, 4.69) is 337 Å². The largest absolute Gasteiger partial charge is 0.311 e. The van der Waals surface area contributed by atoms with Crippen LogP contribution in [0.15, 0.2) is 231 Å². The van der Waals surface area contributed by atoms with Crippen LogP contribution in [-0.2, 0) is 37.9 Å². The normalized spacial score (nSPS) is 16.9. The van der Waals surface area contributed by atoms with Crippen LogP contribution in [0.2, 0.25) is 0 Å². The van der Waals surface area contributed by atoms with Crippen molar-refractivity contribution in [2.75, 3.05) is 9.80 Å². The van der Waals surface area contributed by atoms with Gasteiger partial charge in [-0.2, -0.15) is 0 Å². The molecule has 0 saturated heterocycles. The topological polar surface area (TPSA) is 45.2 Å². The second-order valence-electron chi connectivity index (χ2n) is 34.4. The quantitative estimate of drug-likeness (QED) is 0.149. The Balaban J connectivity index is 0.911. The molecule has 0 bridgehead atoms. The maximum Gasteiger partial charge on any atom is 0.248 e. The molecule has 18 rings (SSSR count). The van der Waals surface area contributed by atoms with Crippen LogP contribution >= 0.6 is 0 Å². The number of benzene rings is 11. The monoisotopic (exact) mass is 1300 g/mol. The molecule has 0 radical (unpaired) electrons. The third-order valence-corrected chi connectivity index (χ3v) is 24.4. The van der Waals surface area contributed by atoms with Gasteiger partial charge < -0.3 is 9.80 Å². The molecule has 1 aromatic heterocycles. The number of nitrogens with zero attached hydrogens (tertiary/aromatic N) is 5. The predicted octanol–water partition coefficient (Wildman–Crippen LogP) is 22.3. The van der Waals surface area contributed by atoms with Gasteiger partial charge in [0.25, 0.3) is 0 Å². The van der Waals surface area contributed by atoms with Gasteiger partial charge in [-0.25, -0.2) is 15.0 Å². The molecule has 0 fully saturated rings. The maximum atomic E-state index is 5.87. The molecule has 1 spiro atoms. The van der Waals surface area contributed by atoms with Crippen molar-refractivity contribution in [2.45, 2.75) is 161 Å². The molecule has 6 heteroatoms. The standard InChI is InChI=1S/C94H88BN5/c1-88(2,3)59-35-39-61(40-36-59)99(62-41-37-60(38-42-62)89(4,5)6)64-43-45-67-70-51-58(52-82-84(70)95(79(67)54-64)80-55-77-78(93(13,14)50-49-92(77,11)12)56-81(80)100(82)63-44-46-74-76(53-63)91(9,10)48-47-90(74,7)8)86-96-85(57-25-16-15-17-26-57)97-87(98-86)69-30-24-34-75-83(69)68-29-20-23-33-73(68)94(75)71-31-21-18-27-65(71)66-28-19-22-32-72(66)94/h15-46,51-56H,47-50H2,1-14H3. The Hall–Kier alpha value is -9.91. The Bertz CT molecular complexity index is 5300. The van der Waals surface area contributed by atoms with Crippen LogP contribution in [0, 0.1) is 0 Å². The average Bonchev–Trinajstić information content (AvgIpc) is 1.51. The summed E-state index contributed by atoms with van der Waals surface area (Å²) in [5, 5.41) is 0. The highest BCUT2D eigenvalue weighted by Crippen LogP contribution is 2.64. The van der Waals surface area contributed by atoms with Crippen LogP contribution < -0.4 is 26.2 Å². The number of aromatic nitrogens is 3. The number of fused-ring (bicyclic) bond motifs is 17. The second kappa shape index (κ2) is 21.6. The molecule has 4 aliphatic carbocycles. The third-order valence-electron chi connectivity index (χ3n) is 24.4. The Morgan fingerprint density at radius 2 is 0.820 bits per heavy atom. The average molecular weight is 1300 g/mol. The molecule has 11 aromatic carbocycles. The van der Waals surface area contributed by atoms with E-state index in [-0.39, 0.29) is 39.2 Å². The zero-order chi connectivity index (χ0) is 68.9. The van der Waals surface area contributed by atoms with Gasteiger partial charge in [-0.1, -0.05) is 266 Å². The van der Waals surface area contributed by atoms with Crippen LogP contribution in [0.1, 0.15) is 178 Å². The summed E-state index contributed by atoms with van der Waals surface area (Å²) < 4.78 is 0. The summed E-state index contributed by atoms with van der Waals surface area (Å²) in [6, 6.07) is 88.3. The van der Waals surface area contributed by atoms with E-state index >= 15 is 0 Å². The zero-order valence-electron chi connectivity index (χ0n) is 60.6. The molecular weight excluding hydrogens is 1210 g/mol. The summed E-state index contributed by atoms with van der Waals surface area (Å²) in [7, 11) is 0. The lowest BCUT2D eigenvalue weighted by Crippen LogP contribution is -2.55. The van der Waals surface area contributed by atoms with Crippen molar-refractivity contribution in [1.82, 2.24) is 15.0 Å². The van der Waals surface area contributed by atoms with Gasteiger partial charge in [-0.3, -0.25) is 0 Å². The van der Waals surface area contributed by atoms with E-state index in [0.717, 1.165) is 70.7 Å². The lowest BCUT2D eigenvalue weighted by molar-refractivity contribution is 0.332. The number of hydrogen-bond donors (Lipinski definition) is 0. The van der Waals surface area contributed by atoms with Crippen LogP contribution in [0.3, 0.4) is 0 Å². The Kier molecular flexibility index (Phi) is 13.4. The van der Waals surface area contributed by atoms with E-state index in [1.165, 1.54) is 111 Å². The van der Waals surface area contributed by atoms with E-state index in [1.807, 2.05) is 0 Å². The second-order valence-corrected chi connectivity index (χ2v) is 34.4. The molecule has 2 aliphatic heterocycles. The molecule has 12 aromatic rings. The van der Waals surface area contributed by atoms with Gasteiger partial charge in [-0.15, -0.1) is 0 Å². The van der Waals surface area contributed by atoms with Crippen LogP contribution in [0.25, 0.3) is 67.5 Å². The van der Waals surface area contributed by atoms with Crippen molar-refractivity contribution in [1.29, 1.82) is 0 Å². The van der Waals surface area contributed by atoms with Gasteiger partial charge in [0.2, 0.25) is 6.71 Å². The van der Waals surface area contributed by atoms with Crippen molar-refractivity contribution in [3.05, 3.63) is 286 Å². The summed E-state index contributed by atoms with van der Waals surface area (Å²) in [5.41, 5.74) is 34.2. The summed E-state index contributed by atoms with van der Waals surface area (Å²) in [4.78, 5) is 22.4. The summed E-state index contributed by atoms with van der Waals surface area (Å²) in [6.45, 7) is 33.5. The molecule has 0 atom stereocenters. The van der Waals surface area contributed by atoms with Crippen molar-refractivity contribution in [3.63, 3.8) is 0 Å². The minimum absolute atomic E-state index is 0.00401. The Morgan fingerprint density at radius 1 is 0.340 bits per heavy atom. The van der Waals surface area contributed by atoms with Crippen LogP contribution in [-0.4, -0.2) is 21.7 Å². The highest BCUT2D eigenvalue weighted by atomic mass is 15.2. The molecule has 100 heavy (non-hydrogen) atoms. The summed E-state index contributed by atoms with van der Waals surface area (Å²) in [6.07, 6.45) is 4.51. The fourth-order valence-electron chi connectivity index (χ4n) is 18.6. The minimum Gasteiger partial charge on any atom is -0.311 e. The van der Waals surface area contributed by atoms with Gasteiger partial charge >= 0.3 is 0 Å². The Morgan fingerprint density at radius 3 is 1.41 bits per heavy atom. The number of rotatable bonds is 7. The van der Waals surface area contributed by atoms with Crippen molar-refractivity contribution >= 4 is 57.2 Å². The van der Waals surface area contributed by atoms with E-state index in [9.17, 15) is 0 Å². The number of hydrogen-bond acceptors (Lipinski definition) is 5. The molecule has 0 saturated carbocycles. The van der Waals surface area contributed by atoms with Gasteiger partial charge in [0.1, 0.15) is 0 Å². The molecule has 5 nitrogen and oxygen atoms in total. The molecule has 3 heterocycles. The molecular formula is C94H88BN5. The van der Waals surface area contributed by atoms with E-state index in [0.29, 0.717) is 17.5 Å². The van der Waals surface area contributed by atoms with Gasteiger partial charge in [0, 0.05) is 50.8 Å². The van der Waals surface area contributed by atoms with Crippen molar-refractivity contribution in [3.8, 4) is 67.5 Å². The molecule has 6 aliphatic rings. The molecule has 492 valence electrons. The van der Waals surface area contributed by atoms with Crippen molar-refractivity contribution < 1.29 is 0 Å². The highest BCUT2D eigenvalue weighted by Gasteiger charge is 2.53. The zero-order valence-corrected chi connectivity index (χ0v) is 60.6. The lowest BCUT2D eigenvalue weighted by Gasteiger charge is -2.45. The maximum absolute atomic E-state index is 5.87. The first-order chi connectivity index (χ1) is 47.8. The van der Waals surface area contributed by atoms with Gasteiger partial charge in [0.15, 0.2) is 17.5 Å². The fourth-order valence-corrected chi connectivity index (χ4v) is 18.6. The van der Waals surface area contributed by atoms with Gasteiger partial charge in [0.05, 0.1) is 5.41 Å². The summed E-state index contributed by atoms with van der Waals surface area (Å²) >= 11 is 0. The molecule has 0 amide bonds. The smallest absolute Gasteiger partial charge is 0.248 e. The molecule has 0 unspecified atom stereocenters. The van der Waals surface area contributed by atoms with Crippen molar-refractivity contribution in [2.24, 2.45) is 0 Å². The SMILES string of the molecule is CC(C)(C)c1ccc(N(c2ccc(C(C)(C)C)cc2)c2ccc3c(c2)B2c4cc5c(cc4N(c4ccc6c(c4)C(C)(C)CCC6(C)C)c4cc(-c6nc(-c7ccccc7)nc(-c7cccc8c7-c7ccccc7C87c8ccccc8-c8ccccc87)n6)cc-3c42)C(C)(C)CCC5(C)C)cc1. The predicted molar refractivity (Wildman–Crippen MR) is 420 cm³/mol. The molecule has 0 N–H and O–H groups in total. The van der Waals surface area contributed by atoms with E-state index in [1.54, 1.807) is 0 Å². The van der Waals surface area contributed by atoms with E-state index < -0.39 is 5.41 Å². The van der Waals surface area contributed by atoms with Gasteiger partial charge in [-0.05, 0) is 225 Å². The first-order valence-corrected chi connectivity index (χ1v) is 36.5. The first kappa shape index (κ1) is 62.4. The van der Waals surface area contributed by atoms with Crippen LogP contribution in [0.4, 0.5) is 34.1 Å². The lowest BCUT2D eigenvalue weighted by atomic mass is 9.36. The highest BCUT2D eigenvalue weighted by molar-refractivity contribution is 7.01.